The van der Waals surface area contributed by atoms with Crippen LogP contribution in [0.2, 0.25) is 0 Å². The molecule has 5 heteroatoms. The monoisotopic (exact) mass is 282 g/mol. The van der Waals surface area contributed by atoms with E-state index in [0.717, 1.165) is 11.3 Å². The van der Waals surface area contributed by atoms with Gasteiger partial charge < -0.3 is 19.9 Å². The Kier molecular flexibility index (Phi) is 6.91. The normalized spacial score (nSPS) is 11.7. The Morgan fingerprint density at radius 1 is 1.10 bits per heavy atom. The summed E-state index contributed by atoms with van der Waals surface area (Å²) in [5, 5.41) is 0. The fraction of sp³-hybridized carbons (Fsp3) is 0.667. The van der Waals surface area contributed by atoms with Crippen molar-refractivity contribution >= 4 is 0 Å². The summed E-state index contributed by atoms with van der Waals surface area (Å²) in [4.78, 5) is 4.53. The van der Waals surface area contributed by atoms with Gasteiger partial charge in [0.05, 0.1) is 25.5 Å². The van der Waals surface area contributed by atoms with Crippen molar-refractivity contribution in [1.29, 1.82) is 0 Å². The van der Waals surface area contributed by atoms with Crippen molar-refractivity contribution < 1.29 is 14.2 Å². The standard InChI is InChI=1S/C15H26N2O3/c1-15(2,3)13-9-12(11-16)10-14(17-13)20-8-7-19-6-5-18-4/h9-10H,5-8,11,16H2,1-4H3. The predicted octanol–water partition coefficient (Wildman–Crippen LogP) is 1.88. The van der Waals surface area contributed by atoms with E-state index < -0.39 is 0 Å². The second kappa shape index (κ2) is 8.19. The van der Waals surface area contributed by atoms with Gasteiger partial charge >= 0.3 is 0 Å². The van der Waals surface area contributed by atoms with Gasteiger partial charge in [-0.05, 0) is 11.6 Å². The zero-order chi connectivity index (χ0) is 15.0. The molecule has 0 fully saturated rings. The van der Waals surface area contributed by atoms with E-state index in [1.165, 1.54) is 0 Å². The third-order valence-corrected chi connectivity index (χ3v) is 2.78. The Morgan fingerprint density at radius 2 is 1.80 bits per heavy atom. The fourth-order valence-electron chi connectivity index (χ4n) is 1.58. The minimum Gasteiger partial charge on any atom is -0.475 e. The second-order valence-corrected chi connectivity index (χ2v) is 5.61. The topological polar surface area (TPSA) is 66.6 Å². The van der Waals surface area contributed by atoms with Gasteiger partial charge in [-0.25, -0.2) is 4.98 Å². The van der Waals surface area contributed by atoms with E-state index in [4.69, 9.17) is 19.9 Å². The van der Waals surface area contributed by atoms with Crippen LogP contribution in [0, 0.1) is 0 Å². The van der Waals surface area contributed by atoms with Gasteiger partial charge in [-0.3, -0.25) is 0 Å². The summed E-state index contributed by atoms with van der Waals surface area (Å²) in [6, 6.07) is 3.91. The summed E-state index contributed by atoms with van der Waals surface area (Å²) in [6.07, 6.45) is 0. The number of hydrogen-bond acceptors (Lipinski definition) is 5. The Morgan fingerprint density at radius 3 is 2.40 bits per heavy atom. The molecule has 1 heterocycles. The quantitative estimate of drug-likeness (QED) is 0.737. The summed E-state index contributed by atoms with van der Waals surface area (Å²) in [5.74, 6) is 0.605. The van der Waals surface area contributed by atoms with Crippen LogP contribution in [-0.2, 0) is 21.4 Å². The number of hydrogen-bond donors (Lipinski definition) is 1. The molecule has 0 saturated carbocycles. The lowest BCUT2D eigenvalue weighted by atomic mass is 9.91. The van der Waals surface area contributed by atoms with Gasteiger partial charge in [-0.1, -0.05) is 20.8 Å². The van der Waals surface area contributed by atoms with Crippen LogP contribution in [0.1, 0.15) is 32.0 Å². The molecule has 0 atom stereocenters. The first kappa shape index (κ1) is 16.9. The average Bonchev–Trinajstić information content (AvgIpc) is 2.41. The molecule has 0 amide bonds. The van der Waals surface area contributed by atoms with Gasteiger partial charge in [-0.15, -0.1) is 0 Å². The number of rotatable bonds is 8. The molecule has 0 aliphatic carbocycles. The molecular formula is C15H26N2O3. The molecular weight excluding hydrogens is 256 g/mol. The van der Waals surface area contributed by atoms with Crippen LogP contribution in [0.3, 0.4) is 0 Å². The van der Waals surface area contributed by atoms with E-state index in [1.54, 1.807) is 7.11 Å². The first-order valence-corrected chi connectivity index (χ1v) is 6.88. The zero-order valence-electron chi connectivity index (χ0n) is 12.9. The highest BCUT2D eigenvalue weighted by molar-refractivity contribution is 5.28. The van der Waals surface area contributed by atoms with Gasteiger partial charge in [0.25, 0.3) is 0 Å². The molecule has 1 aromatic rings. The summed E-state index contributed by atoms with van der Waals surface area (Å²) in [7, 11) is 1.65. The molecule has 0 aliphatic heterocycles. The van der Waals surface area contributed by atoms with Gasteiger partial charge in [-0.2, -0.15) is 0 Å². The van der Waals surface area contributed by atoms with Crippen LogP contribution >= 0.6 is 0 Å². The molecule has 20 heavy (non-hydrogen) atoms. The average molecular weight is 282 g/mol. The SMILES string of the molecule is COCCOCCOc1cc(CN)cc(C(C)(C)C)n1. The van der Waals surface area contributed by atoms with Crippen LogP contribution in [0.15, 0.2) is 12.1 Å². The fourth-order valence-corrected chi connectivity index (χ4v) is 1.58. The maximum Gasteiger partial charge on any atom is 0.213 e. The largest absolute Gasteiger partial charge is 0.475 e. The predicted molar refractivity (Wildman–Crippen MR) is 79.0 cm³/mol. The minimum atomic E-state index is -0.0295. The second-order valence-electron chi connectivity index (χ2n) is 5.61. The van der Waals surface area contributed by atoms with E-state index in [0.29, 0.717) is 38.9 Å². The lowest BCUT2D eigenvalue weighted by Gasteiger charge is -2.19. The molecule has 0 aromatic carbocycles. The molecule has 0 radical (unpaired) electrons. The Hall–Kier alpha value is -1.17. The van der Waals surface area contributed by atoms with E-state index in [9.17, 15) is 0 Å². The first-order valence-electron chi connectivity index (χ1n) is 6.88. The Bertz CT molecular complexity index is 403. The van der Waals surface area contributed by atoms with Crippen molar-refractivity contribution in [3.8, 4) is 5.88 Å². The molecule has 114 valence electrons. The number of pyridine rings is 1. The van der Waals surface area contributed by atoms with Gasteiger partial charge in [0.1, 0.15) is 6.61 Å². The highest BCUT2D eigenvalue weighted by Crippen LogP contribution is 2.24. The zero-order valence-corrected chi connectivity index (χ0v) is 12.9. The molecule has 0 bridgehead atoms. The van der Waals surface area contributed by atoms with Gasteiger partial charge in [0, 0.05) is 25.1 Å². The van der Waals surface area contributed by atoms with Crippen LogP contribution in [0.4, 0.5) is 0 Å². The summed E-state index contributed by atoms with van der Waals surface area (Å²) < 4.78 is 15.9. The van der Waals surface area contributed by atoms with Crippen molar-refractivity contribution in [2.45, 2.75) is 32.7 Å². The van der Waals surface area contributed by atoms with E-state index >= 15 is 0 Å². The molecule has 0 saturated heterocycles. The van der Waals surface area contributed by atoms with Crippen molar-refractivity contribution in [3.05, 3.63) is 23.4 Å². The Balaban J connectivity index is 2.56. The summed E-state index contributed by atoms with van der Waals surface area (Å²) in [6.45, 7) is 8.98. The molecule has 2 N–H and O–H groups in total. The van der Waals surface area contributed by atoms with Crippen molar-refractivity contribution in [2.75, 3.05) is 33.5 Å². The van der Waals surface area contributed by atoms with Crippen molar-refractivity contribution in [1.82, 2.24) is 4.98 Å². The van der Waals surface area contributed by atoms with E-state index in [-0.39, 0.29) is 5.41 Å². The van der Waals surface area contributed by atoms with E-state index in [2.05, 4.69) is 25.8 Å². The minimum absolute atomic E-state index is 0.0295. The van der Waals surface area contributed by atoms with Gasteiger partial charge in [0.2, 0.25) is 5.88 Å². The van der Waals surface area contributed by atoms with Crippen molar-refractivity contribution in [3.63, 3.8) is 0 Å². The highest BCUT2D eigenvalue weighted by Gasteiger charge is 2.17. The lowest BCUT2D eigenvalue weighted by molar-refractivity contribution is 0.0536. The van der Waals surface area contributed by atoms with Crippen molar-refractivity contribution in [2.24, 2.45) is 5.73 Å². The van der Waals surface area contributed by atoms with Gasteiger partial charge in [0.15, 0.2) is 0 Å². The first-order chi connectivity index (χ1) is 9.47. The molecule has 0 unspecified atom stereocenters. The number of methoxy groups -OCH3 is 1. The summed E-state index contributed by atoms with van der Waals surface area (Å²) >= 11 is 0. The lowest BCUT2D eigenvalue weighted by Crippen LogP contribution is -2.16. The maximum atomic E-state index is 5.72. The number of nitrogens with zero attached hydrogens (tertiary/aromatic N) is 1. The van der Waals surface area contributed by atoms with E-state index in [1.807, 2.05) is 12.1 Å². The summed E-state index contributed by atoms with van der Waals surface area (Å²) in [5.41, 5.74) is 7.70. The Labute approximate surface area is 121 Å². The smallest absolute Gasteiger partial charge is 0.213 e. The number of aromatic nitrogens is 1. The van der Waals surface area contributed by atoms with Crippen LogP contribution in [-0.4, -0.2) is 38.5 Å². The molecule has 0 aliphatic rings. The molecule has 1 rings (SSSR count). The molecule has 0 spiro atoms. The third-order valence-electron chi connectivity index (χ3n) is 2.78. The molecule has 5 nitrogen and oxygen atoms in total. The third kappa shape index (κ3) is 5.86. The number of nitrogens with two attached hydrogens (primary N) is 1. The van der Waals surface area contributed by atoms with Crippen LogP contribution < -0.4 is 10.5 Å². The molecule has 1 aromatic heterocycles. The van der Waals surface area contributed by atoms with Crippen LogP contribution in [0.25, 0.3) is 0 Å². The number of ether oxygens (including phenoxy) is 3. The maximum absolute atomic E-state index is 5.72. The highest BCUT2D eigenvalue weighted by atomic mass is 16.5. The van der Waals surface area contributed by atoms with Crippen LogP contribution in [0.5, 0.6) is 5.88 Å².